The second kappa shape index (κ2) is 5.26. The second-order valence-electron chi connectivity index (χ2n) is 4.23. The van der Waals surface area contributed by atoms with Crippen LogP contribution in [0, 0.1) is 0 Å². The van der Waals surface area contributed by atoms with Gasteiger partial charge < -0.3 is 9.84 Å². The molecule has 0 amide bonds. The summed E-state index contributed by atoms with van der Waals surface area (Å²) in [6.45, 7) is 1.00. The van der Waals surface area contributed by atoms with E-state index in [1.165, 1.54) is 25.7 Å². The second-order valence-corrected chi connectivity index (χ2v) is 4.23. The Labute approximate surface area is 90.4 Å². The van der Waals surface area contributed by atoms with E-state index in [-0.39, 0.29) is 0 Å². The Bertz CT molecular complexity index is 292. The van der Waals surface area contributed by atoms with E-state index in [1.54, 1.807) is 0 Å². The Morgan fingerprint density at radius 3 is 2.93 bits per heavy atom. The Morgan fingerprint density at radius 2 is 2.20 bits per heavy atom. The van der Waals surface area contributed by atoms with E-state index in [0.717, 1.165) is 31.1 Å². The van der Waals surface area contributed by atoms with Crippen LogP contribution in [0.1, 0.15) is 49.7 Å². The highest BCUT2D eigenvalue weighted by atomic mass is 16.5. The SMILES string of the molecule is CNCCCc1nc(C2CCCC2)no1. The smallest absolute Gasteiger partial charge is 0.226 e. The number of nitrogens with zero attached hydrogens (tertiary/aromatic N) is 2. The maximum atomic E-state index is 5.23. The first-order valence-corrected chi connectivity index (χ1v) is 5.87. The molecule has 1 fully saturated rings. The average Bonchev–Trinajstić information content (AvgIpc) is 2.87. The van der Waals surface area contributed by atoms with Gasteiger partial charge in [-0.2, -0.15) is 4.98 Å². The van der Waals surface area contributed by atoms with Crippen molar-refractivity contribution < 1.29 is 4.52 Å². The number of hydrogen-bond donors (Lipinski definition) is 1. The third-order valence-electron chi connectivity index (χ3n) is 3.02. The zero-order valence-corrected chi connectivity index (χ0v) is 9.33. The molecule has 84 valence electrons. The molecule has 1 aromatic rings. The fourth-order valence-electron chi connectivity index (χ4n) is 2.14. The molecule has 1 aliphatic rings. The van der Waals surface area contributed by atoms with Gasteiger partial charge in [-0.15, -0.1) is 0 Å². The lowest BCUT2D eigenvalue weighted by Crippen LogP contribution is -2.08. The lowest BCUT2D eigenvalue weighted by atomic mass is 10.1. The quantitative estimate of drug-likeness (QED) is 0.752. The van der Waals surface area contributed by atoms with Gasteiger partial charge in [0.05, 0.1) is 0 Å². The van der Waals surface area contributed by atoms with Crippen molar-refractivity contribution in [1.82, 2.24) is 15.5 Å². The fourth-order valence-corrected chi connectivity index (χ4v) is 2.14. The molecular formula is C11H19N3O. The standard InChI is InChI=1S/C11H19N3O/c1-12-8-4-7-10-13-11(14-15-10)9-5-2-3-6-9/h9,12H,2-8H2,1H3. The summed E-state index contributed by atoms with van der Waals surface area (Å²) in [5.74, 6) is 2.30. The Kier molecular flexibility index (Phi) is 3.72. The van der Waals surface area contributed by atoms with Crippen molar-refractivity contribution in [3.8, 4) is 0 Å². The van der Waals surface area contributed by atoms with Crippen LogP contribution in [0.2, 0.25) is 0 Å². The summed E-state index contributed by atoms with van der Waals surface area (Å²) < 4.78 is 5.23. The van der Waals surface area contributed by atoms with Crippen molar-refractivity contribution in [2.75, 3.05) is 13.6 Å². The van der Waals surface area contributed by atoms with Gasteiger partial charge in [0.2, 0.25) is 5.89 Å². The van der Waals surface area contributed by atoms with Gasteiger partial charge in [0.25, 0.3) is 0 Å². The van der Waals surface area contributed by atoms with Crippen LogP contribution in [0.5, 0.6) is 0 Å². The van der Waals surface area contributed by atoms with Crippen molar-refractivity contribution in [3.63, 3.8) is 0 Å². The summed E-state index contributed by atoms with van der Waals surface area (Å²) in [4.78, 5) is 4.46. The van der Waals surface area contributed by atoms with Crippen LogP contribution in [0.3, 0.4) is 0 Å². The fraction of sp³-hybridized carbons (Fsp3) is 0.818. The van der Waals surface area contributed by atoms with Gasteiger partial charge >= 0.3 is 0 Å². The topological polar surface area (TPSA) is 51.0 Å². The molecule has 4 nitrogen and oxygen atoms in total. The lowest BCUT2D eigenvalue weighted by molar-refractivity contribution is 0.366. The van der Waals surface area contributed by atoms with E-state index >= 15 is 0 Å². The van der Waals surface area contributed by atoms with Crippen LogP contribution >= 0.6 is 0 Å². The molecule has 0 aromatic carbocycles. The van der Waals surface area contributed by atoms with E-state index in [2.05, 4.69) is 15.5 Å². The molecule has 2 rings (SSSR count). The molecule has 1 saturated carbocycles. The Hall–Kier alpha value is -0.900. The number of aromatic nitrogens is 2. The van der Waals surface area contributed by atoms with Gasteiger partial charge in [0.1, 0.15) is 0 Å². The number of hydrogen-bond acceptors (Lipinski definition) is 4. The minimum atomic E-state index is 0.562. The highest BCUT2D eigenvalue weighted by molar-refractivity contribution is 4.97. The molecule has 0 unspecified atom stereocenters. The van der Waals surface area contributed by atoms with Gasteiger partial charge in [-0.1, -0.05) is 18.0 Å². The maximum Gasteiger partial charge on any atom is 0.226 e. The van der Waals surface area contributed by atoms with E-state index in [0.29, 0.717) is 5.92 Å². The molecule has 0 radical (unpaired) electrons. The lowest BCUT2D eigenvalue weighted by Gasteiger charge is -1.99. The molecule has 0 saturated heterocycles. The molecule has 15 heavy (non-hydrogen) atoms. The third-order valence-corrected chi connectivity index (χ3v) is 3.02. The Balaban J connectivity index is 1.86. The highest BCUT2D eigenvalue weighted by Crippen LogP contribution is 2.32. The zero-order chi connectivity index (χ0) is 10.5. The highest BCUT2D eigenvalue weighted by Gasteiger charge is 2.21. The predicted molar refractivity (Wildman–Crippen MR) is 57.8 cm³/mol. The van der Waals surface area contributed by atoms with E-state index in [9.17, 15) is 0 Å². The maximum absolute atomic E-state index is 5.23. The van der Waals surface area contributed by atoms with Gasteiger partial charge in [-0.05, 0) is 32.9 Å². The summed E-state index contributed by atoms with van der Waals surface area (Å²) in [5, 5.41) is 7.18. The molecule has 1 aromatic heterocycles. The first kappa shape index (κ1) is 10.6. The summed E-state index contributed by atoms with van der Waals surface area (Å²) in [6.07, 6.45) is 7.04. The van der Waals surface area contributed by atoms with Crippen LogP contribution in [0.25, 0.3) is 0 Å². The van der Waals surface area contributed by atoms with Crippen LogP contribution in [0.4, 0.5) is 0 Å². The van der Waals surface area contributed by atoms with Gasteiger partial charge in [-0.25, -0.2) is 0 Å². The molecule has 1 N–H and O–H groups in total. The van der Waals surface area contributed by atoms with Gasteiger partial charge in [0.15, 0.2) is 5.82 Å². The molecule has 0 atom stereocenters. The molecule has 4 heteroatoms. The first-order valence-electron chi connectivity index (χ1n) is 5.87. The normalized spacial score (nSPS) is 17.4. The minimum Gasteiger partial charge on any atom is -0.339 e. The van der Waals surface area contributed by atoms with E-state index in [1.807, 2.05) is 7.05 Å². The summed E-state index contributed by atoms with van der Waals surface area (Å²) in [5.41, 5.74) is 0. The van der Waals surface area contributed by atoms with Crippen LogP contribution < -0.4 is 5.32 Å². The van der Waals surface area contributed by atoms with Crippen LogP contribution in [-0.4, -0.2) is 23.7 Å². The molecule has 0 aliphatic heterocycles. The molecule has 1 heterocycles. The van der Waals surface area contributed by atoms with Crippen molar-refractivity contribution >= 4 is 0 Å². The van der Waals surface area contributed by atoms with Crippen molar-refractivity contribution in [2.45, 2.75) is 44.4 Å². The predicted octanol–water partition coefficient (Wildman–Crippen LogP) is 1.88. The number of aryl methyl sites for hydroxylation is 1. The molecule has 0 bridgehead atoms. The van der Waals surface area contributed by atoms with Gasteiger partial charge in [0, 0.05) is 12.3 Å². The third kappa shape index (κ3) is 2.78. The van der Waals surface area contributed by atoms with Crippen LogP contribution in [0.15, 0.2) is 4.52 Å². The molecule has 0 spiro atoms. The average molecular weight is 209 g/mol. The summed E-state index contributed by atoms with van der Waals surface area (Å²) >= 11 is 0. The monoisotopic (exact) mass is 209 g/mol. The minimum absolute atomic E-state index is 0.562. The zero-order valence-electron chi connectivity index (χ0n) is 9.33. The van der Waals surface area contributed by atoms with Crippen LogP contribution in [-0.2, 0) is 6.42 Å². The largest absolute Gasteiger partial charge is 0.339 e. The van der Waals surface area contributed by atoms with Crippen molar-refractivity contribution in [3.05, 3.63) is 11.7 Å². The first-order chi connectivity index (χ1) is 7.40. The number of nitrogens with one attached hydrogen (secondary N) is 1. The van der Waals surface area contributed by atoms with E-state index < -0.39 is 0 Å². The Morgan fingerprint density at radius 1 is 1.40 bits per heavy atom. The van der Waals surface area contributed by atoms with E-state index in [4.69, 9.17) is 4.52 Å². The summed E-state index contributed by atoms with van der Waals surface area (Å²) in [6, 6.07) is 0. The number of rotatable bonds is 5. The molecular weight excluding hydrogens is 190 g/mol. The van der Waals surface area contributed by atoms with Gasteiger partial charge in [-0.3, -0.25) is 0 Å². The van der Waals surface area contributed by atoms with Crippen molar-refractivity contribution in [2.24, 2.45) is 0 Å². The molecule has 1 aliphatic carbocycles. The van der Waals surface area contributed by atoms with Crippen molar-refractivity contribution in [1.29, 1.82) is 0 Å². The summed E-state index contributed by atoms with van der Waals surface area (Å²) in [7, 11) is 1.96.